The van der Waals surface area contributed by atoms with Crippen LogP contribution in [0.5, 0.6) is 0 Å². The zero-order chi connectivity index (χ0) is 14.6. The van der Waals surface area contributed by atoms with Crippen LogP contribution in [-0.2, 0) is 16.4 Å². The van der Waals surface area contributed by atoms with Gasteiger partial charge in [0.1, 0.15) is 0 Å². The van der Waals surface area contributed by atoms with Gasteiger partial charge < -0.3 is 5.32 Å². The zero-order valence-corrected chi connectivity index (χ0v) is 12.9. The number of rotatable bonds is 6. The number of hydrogen-bond acceptors (Lipinski definition) is 4. The van der Waals surface area contributed by atoms with Crippen molar-refractivity contribution in [3.8, 4) is 0 Å². The van der Waals surface area contributed by atoms with Crippen LogP contribution in [-0.4, -0.2) is 15.0 Å². The van der Waals surface area contributed by atoms with E-state index in [2.05, 4.69) is 29.1 Å². The molecule has 0 aliphatic rings. The van der Waals surface area contributed by atoms with Crippen molar-refractivity contribution in [3.05, 3.63) is 52.2 Å². The highest BCUT2D eigenvalue weighted by Gasteiger charge is 2.07. The second-order valence-corrected chi connectivity index (χ2v) is 7.01. The van der Waals surface area contributed by atoms with Crippen LogP contribution in [0.15, 0.2) is 46.0 Å². The maximum atomic E-state index is 11.1. The van der Waals surface area contributed by atoms with Gasteiger partial charge in [0.05, 0.1) is 4.90 Å². The van der Waals surface area contributed by atoms with Crippen molar-refractivity contribution in [3.63, 3.8) is 0 Å². The van der Waals surface area contributed by atoms with Crippen LogP contribution in [0.25, 0.3) is 0 Å². The molecule has 0 spiro atoms. The summed E-state index contributed by atoms with van der Waals surface area (Å²) in [4.78, 5) is 0.154. The Morgan fingerprint density at radius 1 is 1.25 bits per heavy atom. The molecule has 3 N–H and O–H groups in total. The summed E-state index contributed by atoms with van der Waals surface area (Å²) in [6, 6.07) is 9.14. The monoisotopic (exact) mass is 310 g/mol. The highest BCUT2D eigenvalue weighted by atomic mass is 32.2. The summed E-state index contributed by atoms with van der Waals surface area (Å²) < 4.78 is 22.3. The van der Waals surface area contributed by atoms with Gasteiger partial charge >= 0.3 is 0 Å². The summed E-state index contributed by atoms with van der Waals surface area (Å²) in [6.07, 6.45) is 0.847. The summed E-state index contributed by atoms with van der Waals surface area (Å²) in [5.41, 5.74) is 2.38. The second-order valence-electron chi connectivity index (χ2n) is 4.67. The van der Waals surface area contributed by atoms with Crippen LogP contribution in [0.3, 0.4) is 0 Å². The Labute approximate surface area is 123 Å². The maximum Gasteiger partial charge on any atom is 0.238 e. The van der Waals surface area contributed by atoms with Gasteiger partial charge in [-0.3, -0.25) is 0 Å². The van der Waals surface area contributed by atoms with Crippen LogP contribution in [0.2, 0.25) is 0 Å². The molecule has 6 heteroatoms. The number of nitrogens with two attached hydrogens (primary N) is 1. The number of thiophene rings is 1. The van der Waals surface area contributed by atoms with Crippen molar-refractivity contribution >= 4 is 21.4 Å². The Hall–Kier alpha value is -1.21. The molecule has 2 aromatic rings. The maximum absolute atomic E-state index is 11.1. The van der Waals surface area contributed by atoms with Crippen LogP contribution >= 0.6 is 11.3 Å². The Kier molecular flexibility index (Phi) is 4.93. The minimum absolute atomic E-state index is 0.154. The van der Waals surface area contributed by atoms with Gasteiger partial charge in [-0.05, 0) is 60.0 Å². The first-order chi connectivity index (χ1) is 9.47. The first kappa shape index (κ1) is 15.2. The highest BCUT2D eigenvalue weighted by Crippen LogP contribution is 2.15. The lowest BCUT2D eigenvalue weighted by atomic mass is 10.1. The van der Waals surface area contributed by atoms with Gasteiger partial charge in [0, 0.05) is 6.04 Å². The summed E-state index contributed by atoms with van der Waals surface area (Å²) in [7, 11) is -3.60. The summed E-state index contributed by atoms with van der Waals surface area (Å²) in [5, 5.41) is 12.7. The molecule has 0 fully saturated rings. The van der Waals surface area contributed by atoms with E-state index in [4.69, 9.17) is 5.14 Å². The molecule has 0 aliphatic carbocycles. The van der Waals surface area contributed by atoms with Gasteiger partial charge in [-0.15, -0.1) is 0 Å². The van der Waals surface area contributed by atoms with E-state index in [1.807, 2.05) is 0 Å². The number of nitrogens with one attached hydrogen (secondary N) is 1. The predicted molar refractivity (Wildman–Crippen MR) is 82.3 cm³/mol. The molecule has 1 unspecified atom stereocenters. The van der Waals surface area contributed by atoms with Crippen LogP contribution in [0.1, 0.15) is 24.1 Å². The highest BCUT2D eigenvalue weighted by molar-refractivity contribution is 7.89. The average Bonchev–Trinajstić information content (AvgIpc) is 2.92. The van der Waals surface area contributed by atoms with E-state index in [9.17, 15) is 8.42 Å². The minimum Gasteiger partial charge on any atom is -0.310 e. The zero-order valence-electron chi connectivity index (χ0n) is 11.2. The van der Waals surface area contributed by atoms with Crippen LogP contribution in [0, 0.1) is 0 Å². The molecule has 1 aromatic heterocycles. The first-order valence-corrected chi connectivity index (χ1v) is 8.83. The minimum atomic E-state index is -3.60. The molecular formula is C14H18N2O2S2. The molecule has 0 radical (unpaired) electrons. The third-order valence-corrected chi connectivity index (χ3v) is 4.79. The van der Waals surface area contributed by atoms with E-state index < -0.39 is 10.0 Å². The molecule has 20 heavy (non-hydrogen) atoms. The van der Waals surface area contributed by atoms with Gasteiger partial charge in [0.25, 0.3) is 0 Å². The fourth-order valence-corrected chi connectivity index (χ4v) is 3.19. The third kappa shape index (κ3) is 4.14. The Morgan fingerprint density at radius 2 is 1.95 bits per heavy atom. The fraction of sp³-hybridized carbons (Fsp3) is 0.286. The molecule has 108 valence electrons. The summed E-state index contributed by atoms with van der Waals surface area (Å²) in [6.45, 7) is 2.97. The van der Waals surface area contributed by atoms with Gasteiger partial charge in [-0.2, -0.15) is 11.3 Å². The van der Waals surface area contributed by atoms with E-state index >= 15 is 0 Å². The molecule has 0 amide bonds. The quantitative estimate of drug-likeness (QED) is 0.860. The van der Waals surface area contributed by atoms with Crippen LogP contribution < -0.4 is 10.5 Å². The third-order valence-electron chi connectivity index (χ3n) is 3.16. The Bertz CT molecular complexity index is 634. The summed E-state index contributed by atoms with van der Waals surface area (Å²) >= 11 is 1.69. The second kappa shape index (κ2) is 6.49. The smallest absolute Gasteiger partial charge is 0.238 e. The van der Waals surface area contributed by atoms with E-state index in [1.165, 1.54) is 5.56 Å². The van der Waals surface area contributed by atoms with Gasteiger partial charge in [0.2, 0.25) is 10.0 Å². The molecule has 2 rings (SSSR count). The number of sulfonamides is 1. The molecule has 1 aromatic carbocycles. The van der Waals surface area contributed by atoms with Crippen molar-refractivity contribution < 1.29 is 8.42 Å². The van der Waals surface area contributed by atoms with Gasteiger partial charge in [0.15, 0.2) is 0 Å². The largest absolute Gasteiger partial charge is 0.310 e. The van der Waals surface area contributed by atoms with E-state index in [0.29, 0.717) is 6.04 Å². The number of benzene rings is 1. The number of primary sulfonamides is 1. The SMILES string of the molecule is CC(NCCc1ccc(S(N)(=O)=O)cc1)c1ccsc1. The molecule has 0 saturated carbocycles. The lowest BCUT2D eigenvalue weighted by Gasteiger charge is -2.12. The normalized spacial score (nSPS) is 13.3. The molecule has 0 aliphatic heterocycles. The fourth-order valence-electron chi connectivity index (χ4n) is 1.92. The Morgan fingerprint density at radius 3 is 2.50 bits per heavy atom. The molecule has 1 atom stereocenters. The topological polar surface area (TPSA) is 72.2 Å². The number of hydrogen-bond donors (Lipinski definition) is 2. The van der Waals surface area contributed by atoms with Crippen molar-refractivity contribution in [1.82, 2.24) is 5.32 Å². The molecule has 1 heterocycles. The lowest BCUT2D eigenvalue weighted by molar-refractivity contribution is 0.578. The molecular weight excluding hydrogens is 292 g/mol. The summed E-state index contributed by atoms with van der Waals surface area (Å²) in [5.74, 6) is 0. The Balaban J connectivity index is 1.86. The van der Waals surface area contributed by atoms with Gasteiger partial charge in [-0.1, -0.05) is 12.1 Å². The van der Waals surface area contributed by atoms with Crippen molar-refractivity contribution in [2.24, 2.45) is 5.14 Å². The lowest BCUT2D eigenvalue weighted by Crippen LogP contribution is -2.21. The molecule has 0 saturated heterocycles. The standard InChI is InChI=1S/C14H18N2O2S2/c1-11(13-7-9-19-10-13)16-8-6-12-2-4-14(5-3-12)20(15,17)18/h2-5,7,9-11,16H,6,8H2,1H3,(H2,15,17,18). The van der Waals surface area contributed by atoms with E-state index in [-0.39, 0.29) is 4.90 Å². The van der Waals surface area contributed by atoms with Crippen molar-refractivity contribution in [1.29, 1.82) is 0 Å². The molecule has 4 nitrogen and oxygen atoms in total. The van der Waals surface area contributed by atoms with Crippen molar-refractivity contribution in [2.75, 3.05) is 6.54 Å². The average molecular weight is 310 g/mol. The van der Waals surface area contributed by atoms with Crippen LogP contribution in [0.4, 0.5) is 0 Å². The predicted octanol–water partition coefficient (Wildman–Crippen LogP) is 2.29. The molecule has 0 bridgehead atoms. The van der Waals surface area contributed by atoms with E-state index in [0.717, 1.165) is 18.5 Å². The van der Waals surface area contributed by atoms with E-state index in [1.54, 1.807) is 35.6 Å². The van der Waals surface area contributed by atoms with Crippen molar-refractivity contribution in [2.45, 2.75) is 24.3 Å². The first-order valence-electron chi connectivity index (χ1n) is 6.34. The van der Waals surface area contributed by atoms with Gasteiger partial charge in [-0.25, -0.2) is 13.6 Å².